The first kappa shape index (κ1) is 67.3. The van der Waals surface area contributed by atoms with Crippen LogP contribution in [-0.2, 0) is 0 Å². The zero-order valence-electron chi connectivity index (χ0n) is 62.0. The molecular weight excluding hydrogens is 1390 g/mol. The summed E-state index contributed by atoms with van der Waals surface area (Å²) in [7, 11) is 0. The second-order valence-electron chi connectivity index (χ2n) is 27.9. The van der Waals surface area contributed by atoms with Gasteiger partial charge in [0.05, 0.1) is 91.2 Å². The van der Waals surface area contributed by atoms with Gasteiger partial charge in [-0.05, 0) is 176 Å². The minimum absolute atomic E-state index is 0.571. The fourth-order valence-electron chi connectivity index (χ4n) is 15.9. The van der Waals surface area contributed by atoms with Crippen LogP contribution in [0, 0.1) is 78.1 Å². The summed E-state index contributed by atoms with van der Waals surface area (Å²) >= 11 is 0. The van der Waals surface area contributed by atoms with Gasteiger partial charge in [-0.1, -0.05) is 121 Å². The summed E-state index contributed by atoms with van der Waals surface area (Å²) in [5.74, 6) is 9.43. The van der Waals surface area contributed by atoms with Crippen molar-refractivity contribution in [2.45, 2.75) is 55.4 Å². The van der Waals surface area contributed by atoms with E-state index in [2.05, 4.69) is 278 Å². The van der Waals surface area contributed by atoms with Gasteiger partial charge in [-0.3, -0.25) is 9.13 Å². The lowest BCUT2D eigenvalue weighted by atomic mass is 10.0. The third kappa shape index (κ3) is 11.7. The van der Waals surface area contributed by atoms with Gasteiger partial charge < -0.3 is 9.13 Å². The van der Waals surface area contributed by atoms with Crippen molar-refractivity contribution in [2.75, 3.05) is 0 Å². The molecule has 0 aliphatic rings. The monoisotopic (exact) mass is 1450 g/mol. The molecule has 0 radical (unpaired) electrons. The van der Waals surface area contributed by atoms with Crippen molar-refractivity contribution >= 4 is 87.2 Å². The Morgan fingerprint density at radius 1 is 0.232 bits per heavy atom. The molecule has 0 spiro atoms. The number of nitriles is 2. The number of hydrogen-bond acceptors (Lipinski definition) is 16. The largest absolute Gasteiger partial charge is 0.307 e. The van der Waals surface area contributed by atoms with E-state index in [1.807, 2.05) is 110 Å². The lowest BCUT2D eigenvalue weighted by molar-refractivity contribution is 0.928. The summed E-state index contributed by atoms with van der Waals surface area (Å²) in [5.41, 5.74) is 18.2. The summed E-state index contributed by atoms with van der Waals surface area (Å²) in [4.78, 5) is 65.4. The van der Waals surface area contributed by atoms with Gasteiger partial charge in [0.2, 0.25) is 0 Å². The third-order valence-corrected chi connectivity index (χ3v) is 20.4. The van der Waals surface area contributed by atoms with Crippen LogP contribution in [-0.4, -0.2) is 88.0 Å². The highest BCUT2D eigenvalue weighted by atomic mass is 15.1. The van der Waals surface area contributed by atoms with E-state index in [9.17, 15) is 10.5 Å². The van der Waals surface area contributed by atoms with Gasteiger partial charge in [0, 0.05) is 76.5 Å². The summed E-state index contributed by atoms with van der Waals surface area (Å²) in [6.45, 7) is 15.1. The number of pyridine rings is 2. The average Bonchev–Trinajstić information content (AvgIpc) is 1.60. The van der Waals surface area contributed by atoms with Crippen LogP contribution in [0.15, 0.2) is 243 Å². The highest BCUT2D eigenvalue weighted by Gasteiger charge is 2.25. The summed E-state index contributed by atoms with van der Waals surface area (Å²) in [6, 6.07) is 83.4. The lowest BCUT2D eigenvalue weighted by Crippen LogP contribution is -2.04. The van der Waals surface area contributed by atoms with Crippen LogP contribution in [0.5, 0.6) is 0 Å². The van der Waals surface area contributed by atoms with E-state index in [0.717, 1.165) is 155 Å². The number of aromatic nitrogens is 18. The first-order valence-electron chi connectivity index (χ1n) is 36.6. The normalized spacial score (nSPS) is 11.6. The van der Waals surface area contributed by atoms with Crippen LogP contribution in [0.2, 0.25) is 0 Å². The SMILES string of the molecule is Cc1nc(C)nc(-c2ccc3c(c2)c2ccccc2n3-c2cc(-c3cccc(C#N)c3)c(-n3c4ccccc4c4cc(-c5nc(C)nc(C)n5)ccc43)cn2)n1.Cc1nc(C)nc(-c2ccc3c4ccccc4n(-c4cc(-c5cccc(C#N)c5)c(-n5c6ccccc6c6ccc(-c7nc(C)nc(C)n7)cc65)cn4)c3c2)n1. The topological polar surface area (TPSA) is 248 Å². The van der Waals surface area contributed by atoms with Crippen molar-refractivity contribution in [3.63, 3.8) is 0 Å². The fraction of sp³-hybridized carbons (Fsp3) is 0.0870. The molecule has 0 N–H and O–H groups in total. The second kappa shape index (κ2) is 26.9. The standard InChI is InChI=1S/2C46H32N10/c1-26-49-27(2)52-45(51-26)32-16-18-41-37(21-32)34-12-5-7-14-39(34)55(41)43-25-48-44(23-36(43)31-11-9-10-30(20-31)24-47)56-40-15-8-6-13-35(40)38-22-33(17-19-42(38)56)46-53-28(3)50-29(4)54-46;1-26-49-27(2)52-45(51-26)32-16-18-36-34-12-5-7-14-39(34)55(41(36)21-32)43-25-48-44(23-38(43)31-11-9-10-30(20-31)24-47)56-40-15-8-6-13-35(40)37-19-17-33(22-42(37)56)46-53-28(3)50-29(4)54-46/h2*5-23,25H,1-4H3. The number of para-hydroxylation sites is 4. The molecule has 10 heterocycles. The smallest absolute Gasteiger partial charge is 0.163 e. The fourth-order valence-corrected chi connectivity index (χ4v) is 15.9. The van der Waals surface area contributed by atoms with Crippen molar-refractivity contribution in [1.29, 1.82) is 10.5 Å². The number of rotatable bonds is 10. The number of aryl methyl sites for hydroxylation is 8. The molecule has 10 aromatic heterocycles. The molecule has 0 aliphatic carbocycles. The molecule has 0 saturated heterocycles. The molecule has 10 aromatic carbocycles. The maximum atomic E-state index is 10.0. The number of hydrogen-bond donors (Lipinski definition) is 0. The molecular formula is C92H64N20. The van der Waals surface area contributed by atoms with Crippen LogP contribution in [0.3, 0.4) is 0 Å². The molecule has 0 fully saturated rings. The molecule has 0 atom stereocenters. The number of nitrogens with zero attached hydrogens (tertiary/aromatic N) is 20. The Bertz CT molecular complexity index is 7350. The minimum atomic E-state index is 0.571. The van der Waals surface area contributed by atoms with Crippen molar-refractivity contribution in [1.82, 2.24) is 88.0 Å². The predicted molar refractivity (Wildman–Crippen MR) is 439 cm³/mol. The third-order valence-electron chi connectivity index (χ3n) is 20.4. The summed E-state index contributed by atoms with van der Waals surface area (Å²) < 4.78 is 8.93. The molecule has 0 saturated carbocycles. The Morgan fingerprint density at radius 2 is 0.518 bits per heavy atom. The van der Waals surface area contributed by atoms with Crippen molar-refractivity contribution in [3.05, 3.63) is 301 Å². The Morgan fingerprint density at radius 3 is 0.893 bits per heavy atom. The summed E-state index contributed by atoms with van der Waals surface area (Å²) in [5, 5.41) is 28.7. The summed E-state index contributed by atoms with van der Waals surface area (Å²) in [6.07, 6.45) is 3.90. The highest BCUT2D eigenvalue weighted by molar-refractivity contribution is 6.14. The molecule has 0 bridgehead atoms. The zero-order valence-corrected chi connectivity index (χ0v) is 62.0. The van der Waals surface area contributed by atoms with Gasteiger partial charge >= 0.3 is 0 Å². The average molecular weight is 1450 g/mol. The van der Waals surface area contributed by atoms with E-state index in [1.165, 1.54) is 0 Å². The molecule has 20 heteroatoms. The Labute approximate surface area is 641 Å². The molecule has 0 amide bonds. The Balaban J connectivity index is 0.000000151. The van der Waals surface area contributed by atoms with Gasteiger partial charge in [-0.25, -0.2) is 69.8 Å². The van der Waals surface area contributed by atoms with E-state index >= 15 is 0 Å². The molecule has 0 aliphatic heterocycles. The van der Waals surface area contributed by atoms with Gasteiger partial charge in [0.1, 0.15) is 58.2 Å². The van der Waals surface area contributed by atoms with E-state index in [0.29, 0.717) is 81.0 Å². The van der Waals surface area contributed by atoms with E-state index in [-0.39, 0.29) is 0 Å². The highest BCUT2D eigenvalue weighted by Crippen LogP contribution is 2.44. The number of benzene rings is 10. The zero-order chi connectivity index (χ0) is 76.2. The Kier molecular flexibility index (Phi) is 16.2. The van der Waals surface area contributed by atoms with Crippen LogP contribution >= 0.6 is 0 Å². The number of fused-ring (bicyclic) bond motifs is 12. The molecule has 20 rings (SSSR count). The van der Waals surface area contributed by atoms with E-state index in [4.69, 9.17) is 9.97 Å². The molecule has 0 unspecified atom stereocenters. The van der Waals surface area contributed by atoms with E-state index < -0.39 is 0 Å². The van der Waals surface area contributed by atoms with Crippen molar-refractivity contribution in [2.24, 2.45) is 0 Å². The molecule has 20 aromatic rings. The molecule has 532 valence electrons. The molecule has 20 nitrogen and oxygen atoms in total. The van der Waals surface area contributed by atoms with Crippen LogP contribution in [0.1, 0.15) is 57.7 Å². The lowest BCUT2D eigenvalue weighted by Gasteiger charge is -2.17. The van der Waals surface area contributed by atoms with Crippen LogP contribution < -0.4 is 0 Å². The van der Waals surface area contributed by atoms with Crippen molar-refractivity contribution in [3.8, 4) is 103 Å². The minimum Gasteiger partial charge on any atom is -0.307 e. The van der Waals surface area contributed by atoms with Gasteiger partial charge in [-0.15, -0.1) is 0 Å². The van der Waals surface area contributed by atoms with Crippen LogP contribution in [0.25, 0.3) is 178 Å². The molecule has 112 heavy (non-hydrogen) atoms. The first-order chi connectivity index (χ1) is 54.6. The predicted octanol–water partition coefficient (Wildman–Crippen LogP) is 19.5. The van der Waals surface area contributed by atoms with Gasteiger partial charge in [-0.2, -0.15) is 10.5 Å². The maximum Gasteiger partial charge on any atom is 0.163 e. The van der Waals surface area contributed by atoms with Gasteiger partial charge in [0.25, 0.3) is 0 Å². The van der Waals surface area contributed by atoms with E-state index in [1.54, 1.807) is 0 Å². The van der Waals surface area contributed by atoms with Crippen LogP contribution in [0.4, 0.5) is 0 Å². The second-order valence-corrected chi connectivity index (χ2v) is 27.9. The quantitative estimate of drug-likeness (QED) is 0.123. The Hall–Kier alpha value is -15.3. The maximum absolute atomic E-state index is 10.0. The van der Waals surface area contributed by atoms with Gasteiger partial charge in [0.15, 0.2) is 23.3 Å². The first-order valence-corrected chi connectivity index (χ1v) is 36.6. The van der Waals surface area contributed by atoms with Crippen molar-refractivity contribution < 1.29 is 0 Å².